The van der Waals surface area contributed by atoms with Crippen LogP contribution in [0, 0.1) is 0 Å². The molecule has 2 heteroatoms. The minimum absolute atomic E-state index is 0. The van der Waals surface area contributed by atoms with Gasteiger partial charge >= 0.3 is 0 Å². The zero-order valence-corrected chi connectivity index (χ0v) is 24.0. The molecule has 0 N–H and O–H groups in total. The molecule has 44 heavy (non-hydrogen) atoms. The van der Waals surface area contributed by atoms with E-state index in [-0.39, 0.29) is 7.43 Å². The summed E-state index contributed by atoms with van der Waals surface area (Å²) >= 11 is 0. The molecule has 0 bridgehead atoms. The van der Waals surface area contributed by atoms with Crippen molar-refractivity contribution in [3.05, 3.63) is 157 Å². The molecule has 7 aromatic carbocycles. The molecule has 1 heterocycles. The first-order valence-corrected chi connectivity index (χ1v) is 15.0. The van der Waals surface area contributed by atoms with Crippen LogP contribution in [0.2, 0.25) is 0 Å². The van der Waals surface area contributed by atoms with Crippen LogP contribution in [-0.2, 0) is 6.42 Å². The van der Waals surface area contributed by atoms with Gasteiger partial charge in [0, 0.05) is 12.1 Å². The van der Waals surface area contributed by atoms with E-state index in [1.165, 1.54) is 54.9 Å². The molecule has 0 aliphatic carbocycles. The highest BCUT2D eigenvalue weighted by atomic mass is 15.1. The lowest BCUT2D eigenvalue weighted by Gasteiger charge is -2.18. The van der Waals surface area contributed by atoms with Crippen LogP contribution in [0.25, 0.3) is 71.6 Å². The van der Waals surface area contributed by atoms with Crippen LogP contribution in [0.15, 0.2) is 152 Å². The molecule has 0 radical (unpaired) electrons. The Bertz CT molecular complexity index is 2180. The molecular weight excluding hydrogens is 532 g/mol. The first kappa shape index (κ1) is 27.4. The number of aromatic nitrogens is 2. The molecular formula is C42H34N2. The maximum absolute atomic E-state index is 4.89. The van der Waals surface area contributed by atoms with Gasteiger partial charge in [-0.15, -0.1) is 0 Å². The van der Waals surface area contributed by atoms with Gasteiger partial charge in [-0.25, -0.2) is 4.98 Å². The molecule has 0 aliphatic rings. The normalized spacial score (nSPS) is 11.2. The van der Waals surface area contributed by atoms with Crippen LogP contribution in [0.3, 0.4) is 0 Å². The highest BCUT2D eigenvalue weighted by molar-refractivity contribution is 6.21. The predicted octanol–water partition coefficient (Wildman–Crippen LogP) is 11.5. The van der Waals surface area contributed by atoms with Gasteiger partial charge in [0.1, 0.15) is 5.82 Å². The lowest BCUT2D eigenvalue weighted by atomic mass is 9.85. The van der Waals surface area contributed by atoms with Gasteiger partial charge < -0.3 is 0 Å². The van der Waals surface area contributed by atoms with E-state index in [1.807, 2.05) is 0 Å². The summed E-state index contributed by atoms with van der Waals surface area (Å²) in [6, 6.07) is 54.7. The van der Waals surface area contributed by atoms with E-state index in [9.17, 15) is 0 Å². The summed E-state index contributed by atoms with van der Waals surface area (Å²) in [6.07, 6.45) is 0.875. The molecule has 0 aliphatic heterocycles. The molecule has 0 atom stereocenters. The van der Waals surface area contributed by atoms with Gasteiger partial charge in [-0.3, -0.25) is 4.57 Å². The number of nitrogens with zero attached hydrogens (tertiary/aromatic N) is 2. The van der Waals surface area contributed by atoms with Crippen molar-refractivity contribution in [3.63, 3.8) is 0 Å². The fraction of sp³-hybridized carbons (Fsp3) is 0.0714. The Labute approximate surface area is 258 Å². The second-order valence-corrected chi connectivity index (χ2v) is 11.0. The number of rotatable bonds is 5. The average Bonchev–Trinajstić information content (AvgIpc) is 3.47. The molecule has 0 amide bonds. The second-order valence-electron chi connectivity index (χ2n) is 11.0. The highest BCUT2D eigenvalue weighted by Gasteiger charge is 2.17. The Balaban J connectivity index is 0.00000312. The van der Waals surface area contributed by atoms with E-state index in [0.29, 0.717) is 0 Å². The van der Waals surface area contributed by atoms with Gasteiger partial charge in [0.05, 0.1) is 11.0 Å². The number of benzene rings is 7. The standard InChI is InChI=1S/C41H30N2.CH4/c1-2-39-42-37-18-10-11-19-38(37)43(39)32-26-24-31(25-27-32)41-35-16-8-6-14-33(35)40(34-15-7-9-17-36(34)41)30-22-20-29(21-23-30)28-12-4-3-5-13-28;/h3-27H,2H2,1H3;1H4. The minimum Gasteiger partial charge on any atom is -0.296 e. The molecule has 0 saturated heterocycles. The van der Waals surface area contributed by atoms with Crippen molar-refractivity contribution in [2.24, 2.45) is 0 Å². The summed E-state index contributed by atoms with van der Waals surface area (Å²) in [7, 11) is 0. The Morgan fingerprint density at radius 1 is 0.455 bits per heavy atom. The summed E-state index contributed by atoms with van der Waals surface area (Å²) in [5.41, 5.74) is 10.8. The number of imidazole rings is 1. The smallest absolute Gasteiger partial charge is 0.114 e. The number of hydrogen-bond acceptors (Lipinski definition) is 1. The van der Waals surface area contributed by atoms with E-state index in [4.69, 9.17) is 4.98 Å². The number of para-hydroxylation sites is 2. The van der Waals surface area contributed by atoms with Gasteiger partial charge in [0.2, 0.25) is 0 Å². The van der Waals surface area contributed by atoms with Crippen LogP contribution in [0.5, 0.6) is 0 Å². The van der Waals surface area contributed by atoms with Crippen molar-refractivity contribution >= 4 is 32.6 Å². The third kappa shape index (κ3) is 4.47. The molecule has 0 unspecified atom stereocenters. The third-order valence-electron chi connectivity index (χ3n) is 8.57. The zero-order chi connectivity index (χ0) is 28.8. The fourth-order valence-electron chi connectivity index (χ4n) is 6.59. The quantitative estimate of drug-likeness (QED) is 0.189. The van der Waals surface area contributed by atoms with Gasteiger partial charge in [-0.2, -0.15) is 0 Å². The van der Waals surface area contributed by atoms with Crippen molar-refractivity contribution in [1.29, 1.82) is 0 Å². The summed E-state index contributed by atoms with van der Waals surface area (Å²) in [5.74, 6) is 1.08. The maximum atomic E-state index is 4.89. The Hall–Kier alpha value is -5.47. The maximum Gasteiger partial charge on any atom is 0.114 e. The Kier molecular flexibility index (Phi) is 7.04. The average molecular weight is 567 g/mol. The first-order valence-electron chi connectivity index (χ1n) is 15.0. The molecule has 1 aromatic heterocycles. The SMILES string of the molecule is C.CCc1nc2ccccc2n1-c1ccc(-c2c3ccccc3c(-c3ccc(-c4ccccc4)cc3)c3ccccc23)cc1. The predicted molar refractivity (Wildman–Crippen MR) is 188 cm³/mol. The van der Waals surface area contributed by atoms with Crippen molar-refractivity contribution < 1.29 is 0 Å². The fourth-order valence-corrected chi connectivity index (χ4v) is 6.59. The third-order valence-corrected chi connectivity index (χ3v) is 8.57. The van der Waals surface area contributed by atoms with Crippen molar-refractivity contribution in [2.75, 3.05) is 0 Å². The molecule has 0 saturated carbocycles. The van der Waals surface area contributed by atoms with Crippen LogP contribution < -0.4 is 0 Å². The summed E-state index contributed by atoms with van der Waals surface area (Å²) < 4.78 is 2.29. The number of fused-ring (bicyclic) bond motifs is 3. The van der Waals surface area contributed by atoms with Crippen LogP contribution in [0.4, 0.5) is 0 Å². The van der Waals surface area contributed by atoms with Crippen LogP contribution in [0.1, 0.15) is 20.2 Å². The largest absolute Gasteiger partial charge is 0.296 e. The monoisotopic (exact) mass is 566 g/mol. The Morgan fingerprint density at radius 2 is 0.886 bits per heavy atom. The minimum atomic E-state index is 0. The lowest BCUT2D eigenvalue weighted by Crippen LogP contribution is -2.00. The molecule has 0 spiro atoms. The van der Waals surface area contributed by atoms with E-state index in [2.05, 4.69) is 163 Å². The summed E-state index contributed by atoms with van der Waals surface area (Å²) in [6.45, 7) is 2.17. The van der Waals surface area contributed by atoms with Crippen molar-refractivity contribution in [3.8, 4) is 39.1 Å². The molecule has 212 valence electrons. The lowest BCUT2D eigenvalue weighted by molar-refractivity contribution is 0.908. The van der Waals surface area contributed by atoms with E-state index < -0.39 is 0 Å². The second kappa shape index (κ2) is 11.3. The van der Waals surface area contributed by atoms with Gasteiger partial charge in [-0.1, -0.05) is 142 Å². The zero-order valence-electron chi connectivity index (χ0n) is 24.0. The van der Waals surface area contributed by atoms with Crippen molar-refractivity contribution in [2.45, 2.75) is 20.8 Å². The van der Waals surface area contributed by atoms with E-state index >= 15 is 0 Å². The number of hydrogen-bond donors (Lipinski definition) is 0. The Morgan fingerprint density at radius 3 is 1.43 bits per heavy atom. The summed E-state index contributed by atoms with van der Waals surface area (Å²) in [4.78, 5) is 4.89. The van der Waals surface area contributed by atoms with E-state index in [0.717, 1.165) is 29.0 Å². The van der Waals surface area contributed by atoms with Crippen LogP contribution >= 0.6 is 0 Å². The van der Waals surface area contributed by atoms with E-state index in [1.54, 1.807) is 0 Å². The molecule has 0 fully saturated rings. The molecule has 8 rings (SSSR count). The highest BCUT2D eigenvalue weighted by Crippen LogP contribution is 2.44. The van der Waals surface area contributed by atoms with Gasteiger partial charge in [0.25, 0.3) is 0 Å². The van der Waals surface area contributed by atoms with Gasteiger partial charge in [-0.05, 0) is 79.2 Å². The molecule has 8 aromatic rings. The van der Waals surface area contributed by atoms with Crippen LogP contribution in [-0.4, -0.2) is 9.55 Å². The number of aryl methyl sites for hydroxylation is 1. The van der Waals surface area contributed by atoms with Crippen molar-refractivity contribution in [1.82, 2.24) is 9.55 Å². The van der Waals surface area contributed by atoms with Gasteiger partial charge in [0.15, 0.2) is 0 Å². The topological polar surface area (TPSA) is 17.8 Å². The first-order chi connectivity index (χ1) is 21.3. The summed E-state index contributed by atoms with van der Waals surface area (Å²) in [5, 5.41) is 5.06. The molecule has 2 nitrogen and oxygen atoms in total.